The summed E-state index contributed by atoms with van der Waals surface area (Å²) >= 11 is 0. The zero-order chi connectivity index (χ0) is 17.7. The molecule has 2 rings (SSSR count). The highest BCUT2D eigenvalue weighted by Gasteiger charge is 2.32. The van der Waals surface area contributed by atoms with Gasteiger partial charge in [-0.15, -0.1) is 17.2 Å². The smallest absolute Gasteiger partial charge is 0.221 e. The van der Waals surface area contributed by atoms with Crippen LogP contribution in [0.5, 0.6) is 5.75 Å². The standard InChI is InChI=1S/C18H30N2O3S.ClH/c1-5-8-17-16(11-7-12-20(17)19-24(4,21)22)13-23-18-14(2)9-6-10-15(18)3;/h6,9-10,16-17,19H,5,7-8,11-13H2,1-4H3;1H. The third-order valence-corrected chi connectivity index (χ3v) is 5.20. The predicted molar refractivity (Wildman–Crippen MR) is 105 cm³/mol. The van der Waals surface area contributed by atoms with Crippen molar-refractivity contribution < 1.29 is 13.2 Å². The lowest BCUT2D eigenvalue weighted by Gasteiger charge is -2.40. The Bertz CT molecular complexity index is 631. The van der Waals surface area contributed by atoms with Gasteiger partial charge in [0.15, 0.2) is 0 Å². The number of sulfonamides is 1. The highest BCUT2D eigenvalue weighted by atomic mass is 35.5. The van der Waals surface area contributed by atoms with E-state index in [1.807, 2.05) is 11.1 Å². The van der Waals surface area contributed by atoms with E-state index < -0.39 is 10.0 Å². The summed E-state index contributed by atoms with van der Waals surface area (Å²) in [5.74, 6) is 1.29. The van der Waals surface area contributed by atoms with Gasteiger partial charge in [-0.05, 0) is 44.2 Å². The van der Waals surface area contributed by atoms with Crippen molar-refractivity contribution in [3.05, 3.63) is 29.3 Å². The minimum absolute atomic E-state index is 0. The van der Waals surface area contributed by atoms with Gasteiger partial charge in [-0.3, -0.25) is 0 Å². The van der Waals surface area contributed by atoms with E-state index in [1.165, 1.54) is 6.26 Å². The maximum Gasteiger partial charge on any atom is 0.221 e. The fourth-order valence-electron chi connectivity index (χ4n) is 3.56. The predicted octanol–water partition coefficient (Wildman–Crippen LogP) is 3.45. The van der Waals surface area contributed by atoms with Crippen molar-refractivity contribution in [3.63, 3.8) is 0 Å². The Labute approximate surface area is 158 Å². The summed E-state index contributed by atoms with van der Waals surface area (Å²) in [6.45, 7) is 7.64. The van der Waals surface area contributed by atoms with Crippen molar-refractivity contribution in [1.29, 1.82) is 0 Å². The summed E-state index contributed by atoms with van der Waals surface area (Å²) in [6.07, 6.45) is 5.24. The van der Waals surface area contributed by atoms with E-state index in [2.05, 4.69) is 37.7 Å². The molecular formula is C18H31ClN2O3S. The van der Waals surface area contributed by atoms with Crippen LogP contribution < -0.4 is 9.57 Å². The minimum atomic E-state index is -3.24. The first-order valence-corrected chi connectivity index (χ1v) is 10.6. The minimum Gasteiger partial charge on any atom is -0.493 e. The van der Waals surface area contributed by atoms with Crippen LogP contribution in [0.3, 0.4) is 0 Å². The molecule has 1 aliphatic heterocycles. The van der Waals surface area contributed by atoms with Gasteiger partial charge in [0, 0.05) is 18.5 Å². The number of hydrogen-bond acceptors (Lipinski definition) is 4. The Kier molecular flexibility index (Phi) is 8.68. The number of nitrogens with one attached hydrogen (secondary N) is 1. The van der Waals surface area contributed by atoms with Crippen LogP contribution >= 0.6 is 12.4 Å². The van der Waals surface area contributed by atoms with Crippen LogP contribution in [-0.4, -0.2) is 38.9 Å². The average molecular weight is 391 g/mol. The molecule has 2 unspecified atom stereocenters. The van der Waals surface area contributed by atoms with Gasteiger partial charge in [0.25, 0.3) is 0 Å². The molecule has 1 N–H and O–H groups in total. The monoisotopic (exact) mass is 390 g/mol. The molecule has 1 aromatic carbocycles. The Morgan fingerprint density at radius 1 is 1.28 bits per heavy atom. The molecule has 0 aromatic heterocycles. The van der Waals surface area contributed by atoms with E-state index in [1.54, 1.807) is 0 Å². The Morgan fingerprint density at radius 3 is 2.48 bits per heavy atom. The van der Waals surface area contributed by atoms with Crippen molar-refractivity contribution in [2.24, 2.45) is 5.92 Å². The molecule has 1 saturated heterocycles. The first-order chi connectivity index (χ1) is 11.3. The van der Waals surface area contributed by atoms with Crippen LogP contribution in [0.25, 0.3) is 0 Å². The van der Waals surface area contributed by atoms with Crippen LogP contribution in [0.4, 0.5) is 0 Å². The summed E-state index contributed by atoms with van der Waals surface area (Å²) in [5.41, 5.74) is 2.29. The number of piperidine rings is 1. The molecule has 5 nitrogen and oxygen atoms in total. The van der Waals surface area contributed by atoms with Crippen molar-refractivity contribution >= 4 is 22.4 Å². The maximum absolute atomic E-state index is 11.6. The molecule has 1 fully saturated rings. The summed E-state index contributed by atoms with van der Waals surface area (Å²) in [7, 11) is -3.24. The molecule has 0 amide bonds. The topological polar surface area (TPSA) is 58.6 Å². The number of aryl methyl sites for hydroxylation is 2. The van der Waals surface area contributed by atoms with Gasteiger partial charge in [-0.25, -0.2) is 13.4 Å². The van der Waals surface area contributed by atoms with Gasteiger partial charge in [0.1, 0.15) is 5.75 Å². The molecular weight excluding hydrogens is 360 g/mol. The molecule has 25 heavy (non-hydrogen) atoms. The van der Waals surface area contributed by atoms with Gasteiger partial charge in [0.05, 0.1) is 12.9 Å². The molecule has 0 radical (unpaired) electrons. The normalized spacial score (nSPS) is 21.6. The van der Waals surface area contributed by atoms with E-state index in [0.717, 1.165) is 49.1 Å². The van der Waals surface area contributed by atoms with Crippen LogP contribution in [-0.2, 0) is 10.0 Å². The summed E-state index contributed by atoms with van der Waals surface area (Å²) in [4.78, 5) is 2.69. The SMILES string of the molecule is CCCC1C(COc2c(C)cccc2C)CCCN1NS(C)(=O)=O.Cl. The summed E-state index contributed by atoms with van der Waals surface area (Å²) in [5, 5.41) is 1.90. The Morgan fingerprint density at radius 2 is 1.92 bits per heavy atom. The molecule has 1 aromatic rings. The van der Waals surface area contributed by atoms with Crippen molar-refractivity contribution in [1.82, 2.24) is 9.84 Å². The lowest BCUT2D eigenvalue weighted by atomic mass is 9.88. The molecule has 1 aliphatic rings. The lowest BCUT2D eigenvalue weighted by Crippen LogP contribution is -2.55. The number of hydrazine groups is 1. The maximum atomic E-state index is 11.6. The average Bonchev–Trinajstić information content (AvgIpc) is 2.48. The number of ether oxygens (including phenoxy) is 1. The van der Waals surface area contributed by atoms with Crippen LogP contribution in [0, 0.1) is 19.8 Å². The number of nitrogens with zero attached hydrogens (tertiary/aromatic N) is 1. The second kappa shape index (κ2) is 9.76. The molecule has 7 heteroatoms. The number of benzene rings is 1. The molecule has 0 aliphatic carbocycles. The highest BCUT2D eigenvalue weighted by Crippen LogP contribution is 2.29. The van der Waals surface area contributed by atoms with Crippen LogP contribution in [0.15, 0.2) is 18.2 Å². The first-order valence-electron chi connectivity index (χ1n) is 8.75. The highest BCUT2D eigenvalue weighted by molar-refractivity contribution is 7.88. The van der Waals surface area contributed by atoms with Gasteiger partial charge >= 0.3 is 0 Å². The van der Waals surface area contributed by atoms with E-state index in [4.69, 9.17) is 4.74 Å². The molecule has 2 atom stereocenters. The van der Waals surface area contributed by atoms with Crippen molar-refractivity contribution in [2.45, 2.75) is 52.5 Å². The van der Waals surface area contributed by atoms with E-state index in [-0.39, 0.29) is 18.4 Å². The zero-order valence-corrected chi connectivity index (χ0v) is 17.3. The molecule has 144 valence electrons. The fourth-order valence-corrected chi connectivity index (χ4v) is 4.21. The van der Waals surface area contributed by atoms with Gasteiger partial charge in [-0.2, -0.15) is 0 Å². The van der Waals surface area contributed by atoms with Gasteiger partial charge in [-0.1, -0.05) is 31.5 Å². The fraction of sp³-hybridized carbons (Fsp3) is 0.667. The van der Waals surface area contributed by atoms with E-state index >= 15 is 0 Å². The van der Waals surface area contributed by atoms with Crippen LogP contribution in [0.1, 0.15) is 43.7 Å². The third-order valence-electron chi connectivity index (χ3n) is 4.64. The molecule has 0 bridgehead atoms. The number of para-hydroxylation sites is 1. The number of halogens is 1. The molecule has 0 spiro atoms. The Balaban J connectivity index is 0.00000312. The Hall–Kier alpha value is -0.820. The number of hydrogen-bond donors (Lipinski definition) is 1. The van der Waals surface area contributed by atoms with Gasteiger partial charge < -0.3 is 4.74 Å². The third kappa shape index (κ3) is 6.44. The number of rotatable bonds is 7. The largest absolute Gasteiger partial charge is 0.493 e. The lowest BCUT2D eigenvalue weighted by molar-refractivity contribution is 0.0403. The first kappa shape index (κ1) is 22.2. The summed E-state index contributed by atoms with van der Waals surface area (Å²) < 4.78 is 29.4. The second-order valence-electron chi connectivity index (χ2n) is 6.85. The summed E-state index contributed by atoms with van der Waals surface area (Å²) in [6, 6.07) is 6.34. The molecule has 0 saturated carbocycles. The zero-order valence-electron chi connectivity index (χ0n) is 15.6. The van der Waals surface area contributed by atoms with E-state index in [0.29, 0.717) is 12.5 Å². The van der Waals surface area contributed by atoms with Crippen molar-refractivity contribution in [3.8, 4) is 5.75 Å². The second-order valence-corrected chi connectivity index (χ2v) is 8.57. The van der Waals surface area contributed by atoms with Crippen molar-refractivity contribution in [2.75, 3.05) is 19.4 Å². The van der Waals surface area contributed by atoms with E-state index in [9.17, 15) is 8.42 Å². The quantitative estimate of drug-likeness (QED) is 0.774. The van der Waals surface area contributed by atoms with Gasteiger partial charge in [0.2, 0.25) is 10.0 Å². The van der Waals surface area contributed by atoms with Crippen LogP contribution in [0.2, 0.25) is 0 Å². The molecule has 1 heterocycles.